The third kappa shape index (κ3) is 4.03. The molecule has 0 radical (unpaired) electrons. The third-order valence-corrected chi connectivity index (χ3v) is 2.33. The van der Waals surface area contributed by atoms with Gasteiger partial charge < -0.3 is 4.74 Å². The van der Waals surface area contributed by atoms with Crippen molar-refractivity contribution in [2.75, 3.05) is 0 Å². The van der Waals surface area contributed by atoms with Crippen molar-refractivity contribution in [2.45, 2.75) is 26.2 Å². The predicted molar refractivity (Wildman–Crippen MR) is 65.3 cm³/mol. The summed E-state index contributed by atoms with van der Waals surface area (Å²) in [5, 5.41) is 0. The number of rotatable bonds is 5. The van der Waals surface area contributed by atoms with Crippen LogP contribution in [0, 0.1) is 0 Å². The van der Waals surface area contributed by atoms with E-state index < -0.39 is 0 Å². The lowest BCUT2D eigenvalue weighted by molar-refractivity contribution is 0.304. The molecule has 0 spiro atoms. The highest BCUT2D eigenvalue weighted by atomic mass is 16.5. The van der Waals surface area contributed by atoms with Gasteiger partial charge in [0, 0.05) is 6.42 Å². The zero-order chi connectivity index (χ0) is 11.1. The van der Waals surface area contributed by atoms with Crippen LogP contribution in [0.4, 0.5) is 0 Å². The molecule has 0 bridgehead atoms. The predicted octanol–water partition coefficient (Wildman–Crippen LogP) is 4.27. The Hall–Kier alpha value is -1.50. The van der Waals surface area contributed by atoms with Crippen molar-refractivity contribution in [3.63, 3.8) is 0 Å². The molecule has 1 aliphatic carbocycles. The average Bonchev–Trinajstić information content (AvgIpc) is 2.27. The van der Waals surface area contributed by atoms with Crippen molar-refractivity contribution in [1.82, 2.24) is 0 Å². The van der Waals surface area contributed by atoms with E-state index in [2.05, 4.69) is 26.2 Å². The summed E-state index contributed by atoms with van der Waals surface area (Å²) >= 11 is 0. The van der Waals surface area contributed by atoms with Gasteiger partial charge in [-0.25, -0.2) is 0 Å². The Morgan fingerprint density at radius 2 is 2.27 bits per heavy atom. The molecule has 15 heavy (non-hydrogen) atoms. The maximum absolute atomic E-state index is 5.57. The van der Waals surface area contributed by atoms with Gasteiger partial charge in [-0.1, -0.05) is 43.9 Å². The van der Waals surface area contributed by atoms with Crippen LogP contribution in [-0.2, 0) is 4.74 Å². The molecular formula is C14H18O. The van der Waals surface area contributed by atoms with Crippen LogP contribution in [0.15, 0.2) is 60.6 Å². The van der Waals surface area contributed by atoms with Crippen LogP contribution in [0.5, 0.6) is 0 Å². The van der Waals surface area contributed by atoms with Gasteiger partial charge in [-0.15, -0.1) is 0 Å². The van der Waals surface area contributed by atoms with Crippen LogP contribution in [0.3, 0.4) is 0 Å². The summed E-state index contributed by atoms with van der Waals surface area (Å²) in [4.78, 5) is 0. The minimum atomic E-state index is 0.662. The number of allylic oxidation sites excluding steroid dienone is 7. The summed E-state index contributed by atoms with van der Waals surface area (Å²) in [5.74, 6) is 1.65. The molecule has 1 heteroatoms. The maximum Gasteiger partial charge on any atom is 0.119 e. The molecule has 0 atom stereocenters. The summed E-state index contributed by atoms with van der Waals surface area (Å²) < 4.78 is 5.57. The first-order chi connectivity index (χ1) is 7.26. The van der Waals surface area contributed by atoms with Gasteiger partial charge in [0.2, 0.25) is 0 Å². The van der Waals surface area contributed by atoms with Gasteiger partial charge in [-0.2, -0.15) is 0 Å². The Morgan fingerprint density at radius 1 is 1.47 bits per heavy atom. The van der Waals surface area contributed by atoms with Gasteiger partial charge in [0.25, 0.3) is 0 Å². The monoisotopic (exact) mass is 202 g/mol. The van der Waals surface area contributed by atoms with Gasteiger partial charge in [0.05, 0.1) is 0 Å². The fourth-order valence-electron chi connectivity index (χ4n) is 1.42. The summed E-state index contributed by atoms with van der Waals surface area (Å²) in [6.07, 6.45) is 12.7. The van der Waals surface area contributed by atoms with Gasteiger partial charge in [0.1, 0.15) is 11.5 Å². The lowest BCUT2D eigenvalue weighted by Crippen LogP contribution is -1.96. The summed E-state index contributed by atoms with van der Waals surface area (Å²) in [6, 6.07) is 0. The third-order valence-electron chi connectivity index (χ3n) is 2.33. The van der Waals surface area contributed by atoms with Gasteiger partial charge in [-0.3, -0.25) is 0 Å². The standard InChI is InChI=1S/C14H18O/c1-4-6-7-12(3)15-14-10-8-13(5-2)9-11-14/h4,6-8,10H,1,3,5,9,11H2,2H3/b7-6-. The molecule has 1 nitrogen and oxygen atoms in total. The van der Waals surface area contributed by atoms with E-state index in [-0.39, 0.29) is 0 Å². The SMILES string of the molecule is C=C/C=C\C(=C)OC1=CC=C(CC)CC1. The molecule has 0 aliphatic heterocycles. The van der Waals surface area contributed by atoms with Crippen molar-refractivity contribution in [2.24, 2.45) is 0 Å². The quantitative estimate of drug-likeness (QED) is 0.478. The van der Waals surface area contributed by atoms with E-state index in [1.807, 2.05) is 18.2 Å². The van der Waals surface area contributed by atoms with Crippen LogP contribution in [0.2, 0.25) is 0 Å². The second-order valence-electron chi connectivity index (χ2n) is 3.47. The van der Waals surface area contributed by atoms with E-state index in [1.54, 1.807) is 6.08 Å². The maximum atomic E-state index is 5.57. The smallest absolute Gasteiger partial charge is 0.119 e. The van der Waals surface area contributed by atoms with Crippen molar-refractivity contribution in [1.29, 1.82) is 0 Å². The van der Waals surface area contributed by atoms with Crippen LogP contribution in [-0.4, -0.2) is 0 Å². The molecule has 0 heterocycles. The summed E-state index contributed by atoms with van der Waals surface area (Å²) in [5.41, 5.74) is 1.48. The molecule has 0 aromatic heterocycles. The largest absolute Gasteiger partial charge is 0.462 e. The molecule has 0 saturated heterocycles. The van der Waals surface area contributed by atoms with E-state index >= 15 is 0 Å². The molecule has 0 fully saturated rings. The Bertz CT molecular complexity index is 329. The van der Waals surface area contributed by atoms with E-state index in [1.165, 1.54) is 5.57 Å². The summed E-state index contributed by atoms with van der Waals surface area (Å²) in [6.45, 7) is 9.58. The zero-order valence-electron chi connectivity index (χ0n) is 9.33. The molecule has 0 amide bonds. The van der Waals surface area contributed by atoms with Crippen LogP contribution < -0.4 is 0 Å². The molecule has 0 aromatic carbocycles. The van der Waals surface area contributed by atoms with E-state index in [4.69, 9.17) is 4.74 Å². The fraction of sp³-hybridized carbons (Fsp3) is 0.286. The van der Waals surface area contributed by atoms with Gasteiger partial charge in [-0.05, 0) is 25.0 Å². The van der Waals surface area contributed by atoms with Crippen LogP contribution in [0.25, 0.3) is 0 Å². The molecule has 80 valence electrons. The topological polar surface area (TPSA) is 9.23 Å². The Morgan fingerprint density at radius 3 is 2.80 bits per heavy atom. The first kappa shape index (κ1) is 11.6. The van der Waals surface area contributed by atoms with E-state index in [0.717, 1.165) is 25.0 Å². The zero-order valence-corrected chi connectivity index (χ0v) is 9.33. The first-order valence-corrected chi connectivity index (χ1v) is 5.30. The molecule has 0 aromatic rings. The molecular weight excluding hydrogens is 184 g/mol. The average molecular weight is 202 g/mol. The lowest BCUT2D eigenvalue weighted by atomic mass is 10.0. The number of hydrogen-bond acceptors (Lipinski definition) is 1. The number of hydrogen-bond donors (Lipinski definition) is 0. The second kappa shape index (κ2) is 6.07. The van der Waals surface area contributed by atoms with Crippen LogP contribution >= 0.6 is 0 Å². The van der Waals surface area contributed by atoms with Crippen LogP contribution in [0.1, 0.15) is 26.2 Å². The Balaban J connectivity index is 2.50. The highest BCUT2D eigenvalue weighted by molar-refractivity contribution is 5.23. The summed E-state index contributed by atoms with van der Waals surface area (Å²) in [7, 11) is 0. The van der Waals surface area contributed by atoms with Crippen molar-refractivity contribution in [3.8, 4) is 0 Å². The highest BCUT2D eigenvalue weighted by Crippen LogP contribution is 2.22. The molecule has 0 saturated carbocycles. The van der Waals surface area contributed by atoms with Gasteiger partial charge in [0.15, 0.2) is 0 Å². The minimum Gasteiger partial charge on any atom is -0.462 e. The van der Waals surface area contributed by atoms with Crippen molar-refractivity contribution in [3.05, 3.63) is 60.6 Å². The van der Waals surface area contributed by atoms with Crippen molar-refractivity contribution < 1.29 is 4.74 Å². The lowest BCUT2D eigenvalue weighted by Gasteiger charge is -2.14. The highest BCUT2D eigenvalue weighted by Gasteiger charge is 2.06. The number of ether oxygens (including phenoxy) is 1. The second-order valence-corrected chi connectivity index (χ2v) is 3.47. The Labute approximate surface area is 92.1 Å². The van der Waals surface area contributed by atoms with E-state index in [0.29, 0.717) is 5.76 Å². The molecule has 0 N–H and O–H groups in total. The van der Waals surface area contributed by atoms with E-state index in [9.17, 15) is 0 Å². The molecule has 1 aliphatic rings. The Kier molecular flexibility index (Phi) is 4.69. The minimum absolute atomic E-state index is 0.662. The van der Waals surface area contributed by atoms with Crippen molar-refractivity contribution >= 4 is 0 Å². The normalized spacial score (nSPS) is 15.8. The first-order valence-electron chi connectivity index (χ1n) is 5.30. The van der Waals surface area contributed by atoms with Gasteiger partial charge >= 0.3 is 0 Å². The molecule has 1 rings (SSSR count). The molecule has 0 unspecified atom stereocenters. The fourth-order valence-corrected chi connectivity index (χ4v) is 1.42.